The fourth-order valence-electron chi connectivity index (χ4n) is 2.37. The van der Waals surface area contributed by atoms with Crippen molar-refractivity contribution in [3.8, 4) is 17.2 Å². The largest absolute Gasteiger partial charge is 0.490 e. The highest BCUT2D eigenvalue weighted by Crippen LogP contribution is 2.46. The molecule has 0 aliphatic heterocycles. The molecular formula is C17H23BrN4O3. The number of aromatic nitrogens is 2. The van der Waals surface area contributed by atoms with Crippen LogP contribution in [-0.4, -0.2) is 29.8 Å². The van der Waals surface area contributed by atoms with Crippen LogP contribution in [0, 0.1) is 0 Å². The summed E-state index contributed by atoms with van der Waals surface area (Å²) in [6, 6.07) is 1.91. The van der Waals surface area contributed by atoms with Crippen LogP contribution in [0.4, 0.5) is 11.8 Å². The predicted molar refractivity (Wildman–Crippen MR) is 101 cm³/mol. The first-order valence-electron chi connectivity index (χ1n) is 8.12. The molecule has 1 aromatic heterocycles. The summed E-state index contributed by atoms with van der Waals surface area (Å²) in [4.78, 5) is 8.02. The van der Waals surface area contributed by atoms with Crippen LogP contribution in [-0.2, 0) is 6.42 Å². The molecule has 1 heterocycles. The van der Waals surface area contributed by atoms with Gasteiger partial charge in [-0.05, 0) is 48.3 Å². The molecule has 0 saturated carbocycles. The zero-order valence-electron chi connectivity index (χ0n) is 14.6. The number of nitrogens with two attached hydrogens (primary N) is 2. The lowest BCUT2D eigenvalue weighted by atomic mass is 10.1. The lowest BCUT2D eigenvalue weighted by molar-refractivity contribution is 0.259. The molecule has 0 aliphatic rings. The number of hydrogen-bond acceptors (Lipinski definition) is 7. The van der Waals surface area contributed by atoms with E-state index in [2.05, 4.69) is 25.9 Å². The lowest BCUT2D eigenvalue weighted by Crippen LogP contribution is -2.07. The van der Waals surface area contributed by atoms with Crippen molar-refractivity contribution in [1.29, 1.82) is 0 Å². The smallest absolute Gasteiger partial charge is 0.221 e. The third kappa shape index (κ3) is 4.45. The minimum Gasteiger partial charge on any atom is -0.490 e. The SMILES string of the molecule is CCOc1cc(Cc2cnc(N)nc2N)c(Br)c(OCC)c1OCC. The summed E-state index contributed by atoms with van der Waals surface area (Å²) < 4.78 is 18.1. The normalized spacial score (nSPS) is 10.6. The molecule has 2 aromatic rings. The second kappa shape index (κ2) is 8.75. The van der Waals surface area contributed by atoms with E-state index in [0.29, 0.717) is 49.3 Å². The topological polar surface area (TPSA) is 106 Å². The van der Waals surface area contributed by atoms with E-state index in [-0.39, 0.29) is 5.95 Å². The van der Waals surface area contributed by atoms with Gasteiger partial charge in [0.1, 0.15) is 5.82 Å². The Morgan fingerprint density at radius 2 is 1.60 bits per heavy atom. The molecule has 0 aliphatic carbocycles. The van der Waals surface area contributed by atoms with Gasteiger partial charge < -0.3 is 25.7 Å². The molecule has 0 atom stereocenters. The molecule has 136 valence electrons. The molecule has 0 spiro atoms. The summed E-state index contributed by atoms with van der Waals surface area (Å²) >= 11 is 3.62. The molecule has 0 unspecified atom stereocenters. The number of ether oxygens (including phenoxy) is 3. The van der Waals surface area contributed by atoms with Crippen molar-refractivity contribution in [3.05, 3.63) is 27.9 Å². The molecule has 25 heavy (non-hydrogen) atoms. The van der Waals surface area contributed by atoms with Crippen LogP contribution in [0.5, 0.6) is 17.2 Å². The summed E-state index contributed by atoms with van der Waals surface area (Å²) in [6.45, 7) is 7.27. The maximum atomic E-state index is 5.96. The summed E-state index contributed by atoms with van der Waals surface area (Å²) in [5, 5.41) is 0. The van der Waals surface area contributed by atoms with E-state index in [9.17, 15) is 0 Å². The van der Waals surface area contributed by atoms with Gasteiger partial charge in [-0.15, -0.1) is 0 Å². The van der Waals surface area contributed by atoms with Crippen LogP contribution >= 0.6 is 15.9 Å². The monoisotopic (exact) mass is 410 g/mol. The molecule has 2 rings (SSSR count). The standard InChI is InChI=1S/C17H23BrN4O3/c1-4-23-12-8-10(7-11-9-21-17(20)22-16(11)19)13(18)15(25-6-3)14(12)24-5-2/h8-9H,4-7H2,1-3H3,(H4,19,20,21,22). The molecule has 0 radical (unpaired) electrons. The number of nitrogens with zero attached hydrogens (tertiary/aromatic N) is 2. The van der Waals surface area contributed by atoms with Crippen molar-refractivity contribution < 1.29 is 14.2 Å². The second-order valence-corrected chi connectivity index (χ2v) is 5.91. The van der Waals surface area contributed by atoms with E-state index in [1.165, 1.54) is 0 Å². The number of benzene rings is 1. The maximum Gasteiger partial charge on any atom is 0.221 e. The van der Waals surface area contributed by atoms with Crippen LogP contribution in [0.3, 0.4) is 0 Å². The molecule has 0 bridgehead atoms. The number of rotatable bonds is 8. The van der Waals surface area contributed by atoms with Crippen molar-refractivity contribution in [2.45, 2.75) is 27.2 Å². The van der Waals surface area contributed by atoms with E-state index in [0.717, 1.165) is 15.6 Å². The van der Waals surface area contributed by atoms with Gasteiger partial charge in [0.15, 0.2) is 11.5 Å². The summed E-state index contributed by atoms with van der Waals surface area (Å²) in [5.74, 6) is 2.32. The van der Waals surface area contributed by atoms with Gasteiger partial charge >= 0.3 is 0 Å². The van der Waals surface area contributed by atoms with E-state index in [1.54, 1.807) is 6.20 Å². The molecule has 0 fully saturated rings. The second-order valence-electron chi connectivity index (χ2n) is 5.12. The van der Waals surface area contributed by atoms with E-state index < -0.39 is 0 Å². The first-order chi connectivity index (χ1) is 12.0. The van der Waals surface area contributed by atoms with Gasteiger partial charge in [0.25, 0.3) is 0 Å². The predicted octanol–water partition coefficient (Wildman–Crippen LogP) is 3.19. The number of halogens is 1. The zero-order valence-corrected chi connectivity index (χ0v) is 16.2. The Morgan fingerprint density at radius 3 is 2.20 bits per heavy atom. The summed E-state index contributed by atoms with van der Waals surface area (Å²) in [5.41, 5.74) is 13.2. The lowest BCUT2D eigenvalue weighted by Gasteiger charge is -2.19. The summed E-state index contributed by atoms with van der Waals surface area (Å²) in [7, 11) is 0. The Kier molecular flexibility index (Phi) is 6.69. The molecule has 1 aromatic carbocycles. The average Bonchev–Trinajstić information content (AvgIpc) is 2.57. The van der Waals surface area contributed by atoms with Gasteiger partial charge in [-0.1, -0.05) is 0 Å². The molecule has 8 heteroatoms. The minimum atomic E-state index is 0.150. The Labute approximate surface area is 155 Å². The third-order valence-corrected chi connectivity index (χ3v) is 4.26. The van der Waals surface area contributed by atoms with Gasteiger partial charge in [-0.2, -0.15) is 4.98 Å². The van der Waals surface area contributed by atoms with E-state index in [1.807, 2.05) is 26.8 Å². The molecule has 0 amide bonds. The zero-order chi connectivity index (χ0) is 18.4. The van der Waals surface area contributed by atoms with Crippen LogP contribution < -0.4 is 25.7 Å². The van der Waals surface area contributed by atoms with Gasteiger partial charge in [-0.3, -0.25) is 0 Å². The van der Waals surface area contributed by atoms with Gasteiger partial charge in [-0.25, -0.2) is 4.98 Å². The fourth-order valence-corrected chi connectivity index (χ4v) is 2.91. The van der Waals surface area contributed by atoms with Crippen LogP contribution in [0.25, 0.3) is 0 Å². The van der Waals surface area contributed by atoms with Crippen molar-refractivity contribution in [2.24, 2.45) is 0 Å². The first kappa shape index (κ1) is 19.1. The first-order valence-corrected chi connectivity index (χ1v) is 8.91. The molecule has 0 saturated heterocycles. The van der Waals surface area contributed by atoms with Crippen molar-refractivity contribution in [2.75, 3.05) is 31.3 Å². The van der Waals surface area contributed by atoms with Crippen LogP contribution in [0.2, 0.25) is 0 Å². The minimum absolute atomic E-state index is 0.150. The third-order valence-electron chi connectivity index (χ3n) is 3.39. The Bertz CT molecular complexity index is 740. The van der Waals surface area contributed by atoms with Gasteiger partial charge in [0, 0.05) is 18.2 Å². The maximum absolute atomic E-state index is 5.96. The van der Waals surface area contributed by atoms with E-state index in [4.69, 9.17) is 25.7 Å². The van der Waals surface area contributed by atoms with Crippen LogP contribution in [0.1, 0.15) is 31.9 Å². The Hall–Kier alpha value is -2.22. The quantitative estimate of drug-likeness (QED) is 0.687. The van der Waals surface area contributed by atoms with Gasteiger partial charge in [0.2, 0.25) is 11.7 Å². The molecule has 4 N–H and O–H groups in total. The van der Waals surface area contributed by atoms with Crippen molar-refractivity contribution >= 4 is 27.7 Å². The molecular weight excluding hydrogens is 388 g/mol. The van der Waals surface area contributed by atoms with Crippen molar-refractivity contribution in [3.63, 3.8) is 0 Å². The Balaban J connectivity index is 2.52. The fraction of sp³-hybridized carbons (Fsp3) is 0.412. The summed E-state index contributed by atoms with van der Waals surface area (Å²) in [6.07, 6.45) is 2.13. The highest BCUT2D eigenvalue weighted by atomic mass is 79.9. The van der Waals surface area contributed by atoms with Crippen LogP contribution in [0.15, 0.2) is 16.7 Å². The van der Waals surface area contributed by atoms with Crippen molar-refractivity contribution in [1.82, 2.24) is 9.97 Å². The van der Waals surface area contributed by atoms with E-state index >= 15 is 0 Å². The Morgan fingerprint density at radius 1 is 0.960 bits per heavy atom. The molecule has 7 nitrogen and oxygen atoms in total. The number of hydrogen-bond donors (Lipinski definition) is 2. The highest BCUT2D eigenvalue weighted by molar-refractivity contribution is 9.10. The van der Waals surface area contributed by atoms with Gasteiger partial charge in [0.05, 0.1) is 24.3 Å². The average molecular weight is 411 g/mol. The number of anilines is 2. The highest BCUT2D eigenvalue weighted by Gasteiger charge is 2.21. The number of nitrogen functional groups attached to an aromatic ring is 2.